The van der Waals surface area contributed by atoms with Crippen LogP contribution in [0.5, 0.6) is 5.75 Å². The summed E-state index contributed by atoms with van der Waals surface area (Å²) in [4.78, 5) is 18.8. The molecule has 0 N–H and O–H groups in total. The van der Waals surface area contributed by atoms with E-state index < -0.39 is 0 Å². The van der Waals surface area contributed by atoms with Gasteiger partial charge in [-0.05, 0) is 74.4 Å². The molecule has 2 aromatic carbocycles. The summed E-state index contributed by atoms with van der Waals surface area (Å²) in [6, 6.07) is 10.2. The van der Waals surface area contributed by atoms with Crippen molar-refractivity contribution in [1.29, 1.82) is 0 Å². The normalized spacial score (nSPS) is 17.4. The third-order valence-corrected chi connectivity index (χ3v) is 7.97. The van der Waals surface area contributed by atoms with E-state index in [0.29, 0.717) is 40.0 Å². The molecule has 5 rings (SSSR count). The highest BCUT2D eigenvalue weighted by atomic mass is 35.5. The van der Waals surface area contributed by atoms with E-state index in [-0.39, 0.29) is 24.4 Å². The molecule has 0 saturated heterocycles. The summed E-state index contributed by atoms with van der Waals surface area (Å²) in [6.07, 6.45) is 11.7. The van der Waals surface area contributed by atoms with Crippen molar-refractivity contribution in [2.75, 3.05) is 5.01 Å². The Morgan fingerprint density at radius 1 is 1.06 bits per heavy atom. The number of aromatic nitrogens is 2. The third-order valence-electron chi connectivity index (χ3n) is 7.73. The van der Waals surface area contributed by atoms with Crippen LogP contribution in [0.4, 0.5) is 4.39 Å². The molecular formula is C29H35ClFN3O2. The van der Waals surface area contributed by atoms with Gasteiger partial charge in [-0.25, -0.2) is 19.1 Å². The first-order valence-electron chi connectivity index (χ1n) is 13.4. The summed E-state index contributed by atoms with van der Waals surface area (Å²) in [5.74, 6) is 1.50. The van der Waals surface area contributed by atoms with Crippen molar-refractivity contribution < 1.29 is 13.9 Å². The number of hydrogen-bond acceptors (Lipinski definition) is 3. The molecule has 2 aliphatic carbocycles. The maximum Gasteiger partial charge on any atom is 0.241 e. The van der Waals surface area contributed by atoms with Gasteiger partial charge in [0.05, 0.1) is 17.1 Å². The van der Waals surface area contributed by atoms with Crippen LogP contribution in [-0.4, -0.2) is 21.6 Å². The van der Waals surface area contributed by atoms with E-state index in [1.807, 2.05) is 28.7 Å². The fourth-order valence-electron chi connectivity index (χ4n) is 5.87. The van der Waals surface area contributed by atoms with Crippen LogP contribution in [0.15, 0.2) is 36.4 Å². The van der Waals surface area contributed by atoms with Crippen molar-refractivity contribution in [3.63, 3.8) is 0 Å². The lowest BCUT2D eigenvalue weighted by molar-refractivity contribution is -0.122. The van der Waals surface area contributed by atoms with Crippen molar-refractivity contribution in [3.05, 3.63) is 58.6 Å². The second kappa shape index (κ2) is 11.2. The highest BCUT2D eigenvalue weighted by Gasteiger charge is 2.32. The monoisotopic (exact) mass is 511 g/mol. The van der Waals surface area contributed by atoms with Crippen molar-refractivity contribution in [1.82, 2.24) is 9.66 Å². The first kappa shape index (κ1) is 25.1. The number of carbonyl (C=O) groups excluding carboxylic acids is 1. The Hall–Kier alpha value is -2.60. The van der Waals surface area contributed by atoms with Crippen LogP contribution in [0.3, 0.4) is 0 Å². The number of amides is 1. The fraction of sp³-hybridized carbons (Fsp3) is 0.517. The molecule has 1 aromatic heterocycles. The number of nitrogens with zero attached hydrogens (tertiary/aromatic N) is 3. The lowest BCUT2D eigenvalue weighted by atomic mass is 9.86. The predicted octanol–water partition coefficient (Wildman–Crippen LogP) is 7.48. The SMILES string of the molecule is Cc1cc(Cl)ccc1OCc1nc2ccc(F)cc2n1N(C(=O)CC1CCCCC1)C1CCCCC1. The summed E-state index contributed by atoms with van der Waals surface area (Å²) < 4.78 is 22.5. The minimum atomic E-state index is -0.340. The molecule has 1 amide bonds. The Labute approximate surface area is 217 Å². The molecule has 0 unspecified atom stereocenters. The summed E-state index contributed by atoms with van der Waals surface area (Å²) in [7, 11) is 0. The molecule has 0 atom stereocenters. The number of imidazole rings is 1. The number of carbonyl (C=O) groups is 1. The Bertz CT molecular complexity index is 1210. The number of halogens is 2. The van der Waals surface area contributed by atoms with Crippen molar-refractivity contribution in [2.24, 2.45) is 5.92 Å². The summed E-state index contributed by atoms with van der Waals surface area (Å²) in [6.45, 7) is 2.11. The molecule has 0 spiro atoms. The lowest BCUT2D eigenvalue weighted by Crippen LogP contribution is -2.50. The average molecular weight is 512 g/mol. The maximum absolute atomic E-state index is 14.5. The topological polar surface area (TPSA) is 47.4 Å². The first-order valence-corrected chi connectivity index (χ1v) is 13.8. The zero-order valence-electron chi connectivity index (χ0n) is 21.0. The van der Waals surface area contributed by atoms with Gasteiger partial charge in [0, 0.05) is 17.5 Å². The molecular weight excluding hydrogens is 477 g/mol. The third kappa shape index (κ3) is 5.54. The molecule has 0 aliphatic heterocycles. The molecule has 192 valence electrons. The van der Waals surface area contributed by atoms with Gasteiger partial charge in [-0.1, -0.05) is 50.1 Å². The molecule has 0 radical (unpaired) electrons. The minimum absolute atomic E-state index is 0.0755. The Balaban J connectivity index is 1.53. The van der Waals surface area contributed by atoms with Gasteiger partial charge < -0.3 is 4.74 Å². The van der Waals surface area contributed by atoms with Crippen molar-refractivity contribution >= 4 is 28.5 Å². The van der Waals surface area contributed by atoms with Crippen LogP contribution in [-0.2, 0) is 11.4 Å². The van der Waals surface area contributed by atoms with Gasteiger partial charge in [0.15, 0.2) is 5.82 Å². The quantitative estimate of drug-likeness (QED) is 0.330. The van der Waals surface area contributed by atoms with Crippen LogP contribution in [0.2, 0.25) is 5.02 Å². The molecule has 0 bridgehead atoms. The number of benzene rings is 2. The highest BCUT2D eigenvalue weighted by molar-refractivity contribution is 6.30. The number of aryl methyl sites for hydroxylation is 1. The Kier molecular flexibility index (Phi) is 7.80. The number of ether oxygens (including phenoxy) is 1. The van der Waals surface area contributed by atoms with Crippen LogP contribution in [0, 0.1) is 18.7 Å². The zero-order chi connectivity index (χ0) is 25.1. The van der Waals surface area contributed by atoms with Gasteiger partial charge in [0.1, 0.15) is 18.2 Å². The molecule has 5 nitrogen and oxygen atoms in total. The first-order chi connectivity index (χ1) is 17.5. The van der Waals surface area contributed by atoms with E-state index in [1.165, 1.54) is 37.8 Å². The van der Waals surface area contributed by atoms with Crippen LogP contribution >= 0.6 is 11.6 Å². The average Bonchev–Trinajstić information content (AvgIpc) is 3.22. The van der Waals surface area contributed by atoms with Gasteiger partial charge in [0.25, 0.3) is 0 Å². The van der Waals surface area contributed by atoms with Crippen LogP contribution in [0.1, 0.15) is 82.0 Å². The van der Waals surface area contributed by atoms with Gasteiger partial charge in [-0.3, -0.25) is 4.79 Å². The maximum atomic E-state index is 14.5. The van der Waals surface area contributed by atoms with Gasteiger partial charge >= 0.3 is 0 Å². The van der Waals surface area contributed by atoms with E-state index in [2.05, 4.69) is 0 Å². The van der Waals surface area contributed by atoms with E-state index in [0.717, 1.165) is 44.1 Å². The van der Waals surface area contributed by atoms with Crippen LogP contribution < -0.4 is 9.75 Å². The lowest BCUT2D eigenvalue weighted by Gasteiger charge is -2.37. The summed E-state index contributed by atoms with van der Waals surface area (Å²) in [5.41, 5.74) is 2.20. The number of hydrogen-bond donors (Lipinski definition) is 0. The molecule has 2 saturated carbocycles. The number of fused-ring (bicyclic) bond motifs is 1. The smallest absolute Gasteiger partial charge is 0.241 e. The van der Waals surface area contributed by atoms with E-state index in [1.54, 1.807) is 12.1 Å². The van der Waals surface area contributed by atoms with E-state index in [9.17, 15) is 9.18 Å². The fourth-order valence-corrected chi connectivity index (χ4v) is 6.10. The second-order valence-electron chi connectivity index (χ2n) is 10.4. The predicted molar refractivity (Wildman–Crippen MR) is 142 cm³/mol. The van der Waals surface area contributed by atoms with Crippen LogP contribution in [0.25, 0.3) is 11.0 Å². The van der Waals surface area contributed by atoms with Crippen molar-refractivity contribution in [3.8, 4) is 5.75 Å². The van der Waals surface area contributed by atoms with Gasteiger partial charge in [-0.15, -0.1) is 0 Å². The highest BCUT2D eigenvalue weighted by Crippen LogP contribution is 2.31. The Morgan fingerprint density at radius 3 is 2.50 bits per heavy atom. The summed E-state index contributed by atoms with van der Waals surface area (Å²) in [5, 5.41) is 2.56. The van der Waals surface area contributed by atoms with E-state index >= 15 is 0 Å². The molecule has 3 aromatic rings. The molecule has 36 heavy (non-hydrogen) atoms. The molecule has 2 fully saturated rings. The second-order valence-corrected chi connectivity index (χ2v) is 10.8. The van der Waals surface area contributed by atoms with Crippen molar-refractivity contribution in [2.45, 2.75) is 90.2 Å². The molecule has 2 aliphatic rings. The molecule has 7 heteroatoms. The van der Waals surface area contributed by atoms with Gasteiger partial charge in [-0.2, -0.15) is 0 Å². The Morgan fingerprint density at radius 2 is 1.78 bits per heavy atom. The summed E-state index contributed by atoms with van der Waals surface area (Å²) >= 11 is 6.12. The largest absolute Gasteiger partial charge is 0.485 e. The molecule has 1 heterocycles. The standard InChI is InChI=1S/C29H35ClFN3O2/c1-20-16-22(30)12-15-27(20)36-19-28-32-25-14-13-23(31)18-26(25)34(28)33(24-10-6-3-7-11-24)29(35)17-21-8-4-2-5-9-21/h12-16,18,21,24H,2-11,17,19H2,1H3. The number of rotatable bonds is 7. The minimum Gasteiger partial charge on any atom is -0.485 e. The van der Waals surface area contributed by atoms with E-state index in [4.69, 9.17) is 21.3 Å². The zero-order valence-corrected chi connectivity index (χ0v) is 21.8. The van der Waals surface area contributed by atoms with Gasteiger partial charge in [0.2, 0.25) is 5.91 Å².